The molecule has 0 radical (unpaired) electrons. The largest absolute Gasteiger partial charge is 0.345 e. The third-order valence-electron chi connectivity index (χ3n) is 2.24. The third kappa shape index (κ3) is 1.52. The molecule has 76 valence electrons. The molecule has 1 aromatic heterocycles. The number of thioether (sulfide) groups is 1. The number of aromatic nitrogens is 2. The van der Waals surface area contributed by atoms with Gasteiger partial charge >= 0.3 is 0 Å². The topological polar surface area (TPSA) is 42.2 Å². The highest BCUT2D eigenvalue weighted by molar-refractivity contribution is 8.13. The Hall–Kier alpha value is -0.970. The first-order valence-electron chi connectivity index (χ1n) is 4.64. The summed E-state index contributed by atoms with van der Waals surface area (Å²) >= 11 is 1.63. The fraction of sp³-hybridized carbons (Fsp3) is 0.556. The second-order valence-corrected chi connectivity index (χ2v) is 4.33. The Balaban J connectivity index is 2.43. The lowest BCUT2D eigenvalue weighted by molar-refractivity contribution is 0.583. The van der Waals surface area contributed by atoms with Crippen LogP contribution in [0.25, 0.3) is 0 Å². The fourth-order valence-electron chi connectivity index (χ4n) is 1.43. The molecule has 0 bridgehead atoms. The van der Waals surface area contributed by atoms with Gasteiger partial charge in [0, 0.05) is 5.56 Å². The van der Waals surface area contributed by atoms with Crippen molar-refractivity contribution in [2.75, 3.05) is 6.26 Å². The maximum absolute atomic E-state index is 4.51. The molecule has 0 spiro atoms. The van der Waals surface area contributed by atoms with Crippen molar-refractivity contribution in [3.63, 3.8) is 0 Å². The number of hydrogen-bond acceptors (Lipinski definition) is 4. The Labute approximate surface area is 87.8 Å². The van der Waals surface area contributed by atoms with Gasteiger partial charge in [-0.2, -0.15) is 5.10 Å². The van der Waals surface area contributed by atoms with E-state index in [1.165, 1.54) is 5.56 Å². The lowest BCUT2D eigenvalue weighted by atomic mass is 10.1. The Morgan fingerprint density at radius 3 is 3.00 bits per heavy atom. The van der Waals surface area contributed by atoms with E-state index in [1.807, 2.05) is 17.1 Å². The van der Waals surface area contributed by atoms with Crippen molar-refractivity contribution in [3.8, 4) is 0 Å². The molecule has 14 heavy (non-hydrogen) atoms. The summed E-state index contributed by atoms with van der Waals surface area (Å²) in [7, 11) is 0. The first-order chi connectivity index (χ1) is 6.72. The molecule has 4 nitrogen and oxygen atoms in total. The highest BCUT2D eigenvalue weighted by Crippen LogP contribution is 2.28. The summed E-state index contributed by atoms with van der Waals surface area (Å²) in [6.45, 7) is 5.05. The fourth-order valence-corrected chi connectivity index (χ4v) is 1.82. The number of aliphatic imine (C=N–C) groups is 1. The minimum atomic E-state index is 0.476. The molecule has 0 aromatic carbocycles. The summed E-state index contributed by atoms with van der Waals surface area (Å²) < 4.78 is 1.90. The molecule has 5 heteroatoms. The Morgan fingerprint density at radius 2 is 2.36 bits per heavy atom. The monoisotopic (exact) mass is 210 g/mol. The predicted molar refractivity (Wildman–Crippen MR) is 60.1 cm³/mol. The molecule has 1 aromatic rings. The first kappa shape index (κ1) is 9.58. The predicted octanol–water partition coefficient (Wildman–Crippen LogP) is 1.92. The van der Waals surface area contributed by atoms with E-state index < -0.39 is 0 Å². The minimum absolute atomic E-state index is 0.476. The van der Waals surface area contributed by atoms with E-state index in [1.54, 1.807) is 11.8 Å². The number of nitrogens with one attached hydrogen (secondary N) is 1. The van der Waals surface area contributed by atoms with E-state index in [4.69, 9.17) is 0 Å². The zero-order valence-electron chi connectivity index (χ0n) is 8.61. The molecule has 0 saturated carbocycles. The van der Waals surface area contributed by atoms with Crippen molar-refractivity contribution in [1.29, 1.82) is 0 Å². The zero-order chi connectivity index (χ0) is 10.1. The van der Waals surface area contributed by atoms with Crippen molar-refractivity contribution in [2.45, 2.75) is 26.4 Å². The summed E-state index contributed by atoms with van der Waals surface area (Å²) in [6, 6.07) is 0. The van der Waals surface area contributed by atoms with Crippen LogP contribution in [-0.4, -0.2) is 21.2 Å². The van der Waals surface area contributed by atoms with Crippen molar-refractivity contribution >= 4 is 22.7 Å². The molecular formula is C9H14N4S. The summed E-state index contributed by atoms with van der Waals surface area (Å²) in [5, 5.41) is 8.45. The van der Waals surface area contributed by atoms with Crippen molar-refractivity contribution in [2.24, 2.45) is 4.99 Å². The average molecular weight is 210 g/mol. The molecular weight excluding hydrogens is 196 g/mol. The maximum Gasteiger partial charge on any atom is 0.164 e. The summed E-state index contributed by atoms with van der Waals surface area (Å²) in [5.41, 5.74) is 1.22. The van der Waals surface area contributed by atoms with Crippen LogP contribution in [0.5, 0.6) is 0 Å². The van der Waals surface area contributed by atoms with Gasteiger partial charge in [-0.15, -0.1) is 0 Å². The molecule has 0 saturated heterocycles. The standard InChI is InChI=1S/C9H14N4S/c1-6(2)7-4-11-13-5-10-9(14-3)12-8(7)13/h4,6H,5H2,1-3H3,(H,10,12). The summed E-state index contributed by atoms with van der Waals surface area (Å²) in [6.07, 6.45) is 3.93. The molecule has 0 unspecified atom stereocenters. The van der Waals surface area contributed by atoms with E-state index in [-0.39, 0.29) is 0 Å². The normalized spacial score (nSPS) is 15.0. The van der Waals surface area contributed by atoms with Crippen LogP contribution in [0, 0.1) is 0 Å². The van der Waals surface area contributed by atoms with Crippen LogP contribution in [0.3, 0.4) is 0 Å². The van der Waals surface area contributed by atoms with Crippen molar-refractivity contribution < 1.29 is 0 Å². The Kier molecular flexibility index (Phi) is 2.50. The number of amidine groups is 1. The number of hydrogen-bond donors (Lipinski definition) is 1. The molecule has 0 aliphatic carbocycles. The summed E-state index contributed by atoms with van der Waals surface area (Å²) in [5.74, 6) is 1.48. The van der Waals surface area contributed by atoms with Crippen LogP contribution in [0.2, 0.25) is 0 Å². The van der Waals surface area contributed by atoms with Gasteiger partial charge < -0.3 is 5.32 Å². The van der Waals surface area contributed by atoms with Gasteiger partial charge in [-0.25, -0.2) is 9.67 Å². The van der Waals surface area contributed by atoms with Gasteiger partial charge in [0.2, 0.25) is 0 Å². The smallest absolute Gasteiger partial charge is 0.164 e. The van der Waals surface area contributed by atoms with Gasteiger partial charge in [-0.05, 0) is 12.2 Å². The van der Waals surface area contributed by atoms with Crippen LogP contribution < -0.4 is 5.32 Å². The van der Waals surface area contributed by atoms with Gasteiger partial charge in [-0.1, -0.05) is 25.6 Å². The molecule has 2 rings (SSSR count). The second-order valence-electron chi connectivity index (χ2n) is 3.53. The maximum atomic E-state index is 4.51. The van der Waals surface area contributed by atoms with E-state index in [0.29, 0.717) is 5.92 Å². The van der Waals surface area contributed by atoms with Crippen molar-refractivity contribution in [3.05, 3.63) is 11.8 Å². The van der Waals surface area contributed by atoms with Gasteiger partial charge in [-0.3, -0.25) is 0 Å². The van der Waals surface area contributed by atoms with Crippen LogP contribution >= 0.6 is 11.8 Å². The lowest BCUT2D eigenvalue weighted by Gasteiger charge is -2.16. The molecule has 0 atom stereocenters. The van der Waals surface area contributed by atoms with Gasteiger partial charge in [0.1, 0.15) is 6.67 Å². The second kappa shape index (κ2) is 3.65. The number of nitrogens with zero attached hydrogens (tertiary/aromatic N) is 3. The average Bonchev–Trinajstić information content (AvgIpc) is 2.59. The highest BCUT2D eigenvalue weighted by atomic mass is 32.2. The molecule has 1 aliphatic heterocycles. The number of fused-ring (bicyclic) bond motifs is 1. The van der Waals surface area contributed by atoms with E-state index in [9.17, 15) is 0 Å². The molecule has 2 heterocycles. The SMILES string of the molecule is CSC1=Nc2c(C(C)C)cnn2CN1. The van der Waals surface area contributed by atoms with Gasteiger partial charge in [0.05, 0.1) is 6.20 Å². The highest BCUT2D eigenvalue weighted by Gasteiger charge is 2.17. The molecule has 0 fully saturated rings. The minimum Gasteiger partial charge on any atom is -0.345 e. The van der Waals surface area contributed by atoms with E-state index in [2.05, 4.69) is 29.3 Å². The first-order valence-corrected chi connectivity index (χ1v) is 5.87. The molecule has 1 aliphatic rings. The number of rotatable bonds is 1. The van der Waals surface area contributed by atoms with E-state index in [0.717, 1.165) is 17.7 Å². The van der Waals surface area contributed by atoms with Crippen LogP contribution in [0.1, 0.15) is 25.3 Å². The third-order valence-corrected chi connectivity index (χ3v) is 2.86. The van der Waals surface area contributed by atoms with Gasteiger partial charge in [0.25, 0.3) is 0 Å². The Bertz CT molecular complexity index is 367. The van der Waals surface area contributed by atoms with Crippen LogP contribution in [-0.2, 0) is 6.67 Å². The zero-order valence-corrected chi connectivity index (χ0v) is 9.43. The van der Waals surface area contributed by atoms with Crippen molar-refractivity contribution in [1.82, 2.24) is 15.1 Å². The van der Waals surface area contributed by atoms with Crippen LogP contribution in [0.15, 0.2) is 11.2 Å². The lowest BCUT2D eigenvalue weighted by Crippen LogP contribution is -2.27. The Morgan fingerprint density at radius 1 is 1.57 bits per heavy atom. The quantitative estimate of drug-likeness (QED) is 0.770. The van der Waals surface area contributed by atoms with E-state index >= 15 is 0 Å². The van der Waals surface area contributed by atoms with Crippen LogP contribution in [0.4, 0.5) is 5.82 Å². The summed E-state index contributed by atoms with van der Waals surface area (Å²) in [4.78, 5) is 4.51. The van der Waals surface area contributed by atoms with Gasteiger partial charge in [0.15, 0.2) is 11.0 Å². The molecule has 0 amide bonds. The molecule has 1 N–H and O–H groups in total.